The largest absolute Gasteiger partial charge is 0.464 e. The molecular weight excluding hydrogens is 242 g/mol. The van der Waals surface area contributed by atoms with Gasteiger partial charge in [0.05, 0.1) is 5.69 Å². The molecule has 19 heavy (non-hydrogen) atoms. The fourth-order valence-electron chi connectivity index (χ4n) is 1.57. The van der Waals surface area contributed by atoms with Crippen molar-refractivity contribution in [1.29, 1.82) is 0 Å². The van der Waals surface area contributed by atoms with Crippen LogP contribution in [0.15, 0.2) is 66.2 Å². The van der Waals surface area contributed by atoms with Crippen LogP contribution >= 0.6 is 0 Å². The maximum atomic E-state index is 10.9. The number of nitrogens with zero attached hydrogens (tertiary/aromatic N) is 2. The van der Waals surface area contributed by atoms with Gasteiger partial charge in [0.2, 0.25) is 0 Å². The summed E-state index contributed by atoms with van der Waals surface area (Å²) in [6.07, 6.45) is 7.24. The molecule has 0 unspecified atom stereocenters. The van der Waals surface area contributed by atoms with E-state index in [0.29, 0.717) is 5.69 Å². The zero-order chi connectivity index (χ0) is 13.5. The molecule has 0 bridgehead atoms. The second-order valence-corrected chi connectivity index (χ2v) is 3.67. The van der Waals surface area contributed by atoms with Crippen molar-refractivity contribution < 1.29 is 9.90 Å². The Labute approximate surface area is 110 Å². The fourth-order valence-corrected chi connectivity index (χ4v) is 1.57. The van der Waals surface area contributed by atoms with Gasteiger partial charge in [-0.15, -0.1) is 0 Å². The number of H-pyrrole nitrogens is 1. The van der Waals surface area contributed by atoms with Crippen LogP contribution < -0.4 is 4.90 Å². The van der Waals surface area contributed by atoms with E-state index < -0.39 is 6.09 Å². The number of para-hydroxylation sites is 1. The van der Waals surface area contributed by atoms with Crippen LogP contribution in [0.2, 0.25) is 0 Å². The highest BCUT2D eigenvalue weighted by Crippen LogP contribution is 2.21. The van der Waals surface area contributed by atoms with E-state index in [2.05, 4.69) is 9.98 Å². The minimum atomic E-state index is -1.01. The Morgan fingerprint density at radius 3 is 2.53 bits per heavy atom. The molecule has 2 heterocycles. The molecule has 0 saturated heterocycles. The number of rotatable bonds is 0. The molecule has 1 aliphatic rings. The van der Waals surface area contributed by atoms with Gasteiger partial charge in [0, 0.05) is 36.6 Å². The van der Waals surface area contributed by atoms with Crippen LogP contribution in [0, 0.1) is 0 Å². The smallest absolute Gasteiger partial charge is 0.416 e. The number of anilines is 1. The summed E-state index contributed by atoms with van der Waals surface area (Å²) in [5.41, 5.74) is 1.41. The monoisotopic (exact) mass is 255 g/mol. The van der Waals surface area contributed by atoms with Gasteiger partial charge in [-0.3, -0.25) is 9.89 Å². The van der Waals surface area contributed by atoms with Crippen molar-refractivity contribution in [2.24, 2.45) is 4.99 Å². The number of amides is 1. The summed E-state index contributed by atoms with van der Waals surface area (Å²) < 4.78 is 0. The van der Waals surface area contributed by atoms with E-state index in [1.165, 1.54) is 12.4 Å². The first kappa shape index (κ1) is 12.6. The lowest BCUT2D eigenvalue weighted by atomic mass is 10.2. The second kappa shape index (κ2) is 6.20. The molecule has 0 radical (unpaired) electrons. The van der Waals surface area contributed by atoms with Crippen LogP contribution in [0.1, 0.15) is 5.56 Å². The Bertz CT molecular complexity index is 571. The number of nitrogens with one attached hydrogen (secondary N) is 1. The van der Waals surface area contributed by atoms with Crippen LogP contribution in [0.3, 0.4) is 0 Å². The second-order valence-electron chi connectivity index (χ2n) is 3.67. The zero-order valence-corrected chi connectivity index (χ0v) is 10.1. The summed E-state index contributed by atoms with van der Waals surface area (Å²) in [4.78, 5) is 18.8. The van der Waals surface area contributed by atoms with Crippen molar-refractivity contribution in [3.05, 3.63) is 66.8 Å². The Kier molecular flexibility index (Phi) is 4.12. The Hall–Kier alpha value is -2.82. The van der Waals surface area contributed by atoms with Crippen LogP contribution in [0.25, 0.3) is 0 Å². The summed E-state index contributed by atoms with van der Waals surface area (Å²) in [5.74, 6) is 0. The maximum absolute atomic E-state index is 10.9. The number of aromatic amines is 1. The Morgan fingerprint density at radius 2 is 1.89 bits per heavy atom. The molecule has 3 rings (SSSR count). The third-order valence-electron chi connectivity index (χ3n) is 2.41. The lowest BCUT2D eigenvalue weighted by Crippen LogP contribution is -2.23. The van der Waals surface area contributed by atoms with E-state index in [0.717, 1.165) is 10.5 Å². The lowest BCUT2D eigenvalue weighted by Gasteiger charge is -2.14. The summed E-state index contributed by atoms with van der Waals surface area (Å²) in [6, 6.07) is 11.1. The van der Waals surface area contributed by atoms with Gasteiger partial charge in [-0.05, 0) is 18.2 Å². The number of hydrogen-bond acceptors (Lipinski definition) is 2. The van der Waals surface area contributed by atoms with Gasteiger partial charge in [0.25, 0.3) is 0 Å². The molecule has 2 aromatic rings. The molecule has 1 aromatic carbocycles. The molecule has 5 nitrogen and oxygen atoms in total. The first-order chi connectivity index (χ1) is 9.29. The van der Waals surface area contributed by atoms with Crippen molar-refractivity contribution in [2.45, 2.75) is 0 Å². The summed E-state index contributed by atoms with van der Waals surface area (Å²) in [5, 5.41) is 8.93. The molecule has 5 heteroatoms. The van der Waals surface area contributed by atoms with Crippen molar-refractivity contribution in [3.8, 4) is 0 Å². The highest BCUT2D eigenvalue weighted by molar-refractivity contribution is 5.97. The predicted octanol–water partition coefficient (Wildman–Crippen LogP) is 3.09. The third kappa shape index (κ3) is 3.32. The van der Waals surface area contributed by atoms with E-state index >= 15 is 0 Å². The van der Waals surface area contributed by atoms with E-state index in [9.17, 15) is 4.79 Å². The van der Waals surface area contributed by atoms with Crippen LogP contribution in [-0.2, 0) is 0 Å². The first-order valence-electron chi connectivity index (χ1n) is 5.68. The van der Waals surface area contributed by atoms with Gasteiger partial charge >= 0.3 is 6.09 Å². The molecular formula is C14H13N3O2. The first-order valence-corrected chi connectivity index (χ1v) is 5.68. The highest BCUT2D eigenvalue weighted by Gasteiger charge is 2.14. The summed E-state index contributed by atoms with van der Waals surface area (Å²) in [6.45, 7) is 0. The Morgan fingerprint density at radius 1 is 1.16 bits per heavy atom. The molecule has 0 spiro atoms. The topological polar surface area (TPSA) is 68.7 Å². The minimum Gasteiger partial charge on any atom is -0.464 e. The number of carboxylic acid groups (broad SMARTS) is 1. The van der Waals surface area contributed by atoms with E-state index in [1.54, 1.807) is 18.3 Å². The van der Waals surface area contributed by atoms with Gasteiger partial charge in [-0.25, -0.2) is 4.79 Å². The lowest BCUT2D eigenvalue weighted by molar-refractivity contribution is 0.204. The molecule has 1 aromatic heterocycles. The molecule has 0 aliphatic carbocycles. The predicted molar refractivity (Wildman–Crippen MR) is 74.5 cm³/mol. The van der Waals surface area contributed by atoms with E-state index in [1.807, 2.05) is 36.7 Å². The average Bonchev–Trinajstić information content (AvgIpc) is 2.91. The zero-order valence-electron chi connectivity index (χ0n) is 10.1. The number of aliphatic imine (C=N–C) groups is 1. The molecule has 0 saturated carbocycles. The van der Waals surface area contributed by atoms with Gasteiger partial charge in [0.1, 0.15) is 0 Å². The number of hydrogen-bond donors (Lipinski definition) is 2. The molecule has 1 amide bonds. The third-order valence-corrected chi connectivity index (χ3v) is 2.41. The summed E-state index contributed by atoms with van der Waals surface area (Å²) in [7, 11) is 0. The van der Waals surface area contributed by atoms with Crippen LogP contribution in [0.4, 0.5) is 10.5 Å². The number of aromatic nitrogens is 1. The number of benzene rings is 1. The van der Waals surface area contributed by atoms with E-state index in [4.69, 9.17) is 5.11 Å². The fraction of sp³-hybridized carbons (Fsp3) is 0. The molecule has 0 atom stereocenters. The quantitative estimate of drug-likeness (QED) is 0.759. The SMILES string of the molecule is O=C(O)N1C=CN=Cc2ccccc21.c1cc[nH]c1. The normalized spacial score (nSPS) is 12.1. The van der Waals surface area contributed by atoms with Crippen molar-refractivity contribution >= 4 is 18.0 Å². The van der Waals surface area contributed by atoms with Gasteiger partial charge in [0.15, 0.2) is 0 Å². The molecule has 1 aliphatic heterocycles. The van der Waals surface area contributed by atoms with Crippen LogP contribution in [0.5, 0.6) is 0 Å². The highest BCUT2D eigenvalue weighted by atomic mass is 16.4. The van der Waals surface area contributed by atoms with E-state index in [-0.39, 0.29) is 0 Å². The van der Waals surface area contributed by atoms with Crippen LogP contribution in [-0.4, -0.2) is 22.4 Å². The van der Waals surface area contributed by atoms with Gasteiger partial charge in [-0.1, -0.05) is 18.2 Å². The number of carbonyl (C=O) groups is 1. The minimum absolute atomic E-state index is 0.623. The number of fused-ring (bicyclic) bond motifs is 1. The standard InChI is InChI=1S/C10H8N2O2.C4H5N/c13-10(14)12-6-5-11-7-8-3-1-2-4-9(8)12;1-2-4-5-3-1/h1-7H,(H,13,14);1-5H. The van der Waals surface area contributed by atoms with Gasteiger partial charge in [-0.2, -0.15) is 0 Å². The molecule has 96 valence electrons. The Balaban J connectivity index is 0.000000224. The maximum Gasteiger partial charge on any atom is 0.416 e. The molecule has 2 N–H and O–H groups in total. The van der Waals surface area contributed by atoms with Crippen molar-refractivity contribution in [2.75, 3.05) is 4.90 Å². The average molecular weight is 255 g/mol. The molecule has 0 fully saturated rings. The van der Waals surface area contributed by atoms with Gasteiger partial charge < -0.3 is 10.1 Å². The van der Waals surface area contributed by atoms with Crippen molar-refractivity contribution in [1.82, 2.24) is 4.98 Å². The summed E-state index contributed by atoms with van der Waals surface area (Å²) >= 11 is 0. The van der Waals surface area contributed by atoms with Crippen molar-refractivity contribution in [3.63, 3.8) is 0 Å².